The maximum absolute atomic E-state index is 14.2. The summed E-state index contributed by atoms with van der Waals surface area (Å²) in [6.07, 6.45) is -0.516. The van der Waals surface area contributed by atoms with Crippen molar-refractivity contribution in [1.29, 1.82) is 0 Å². The third kappa shape index (κ3) is 7.98. The molecule has 0 bridgehead atoms. The molecule has 6 aromatic rings. The van der Waals surface area contributed by atoms with E-state index in [1.54, 1.807) is 35.6 Å². The number of rotatable bonds is 13. The van der Waals surface area contributed by atoms with Gasteiger partial charge in [0.2, 0.25) is 0 Å². The molecule has 0 atom stereocenters. The molecule has 0 aliphatic heterocycles. The van der Waals surface area contributed by atoms with Crippen LogP contribution in [0.2, 0.25) is 0 Å². The van der Waals surface area contributed by atoms with E-state index in [0.717, 1.165) is 43.2 Å². The number of amides is 1. The summed E-state index contributed by atoms with van der Waals surface area (Å²) in [5.41, 5.74) is 4.26. The molecule has 1 amide bonds. The number of hydrogen-bond donors (Lipinski definition) is 1. The summed E-state index contributed by atoms with van der Waals surface area (Å²) in [4.78, 5) is 26.3. The van der Waals surface area contributed by atoms with Crippen molar-refractivity contribution >= 4 is 33.3 Å². The Labute approximate surface area is 277 Å². The number of ketones is 1. The predicted octanol–water partition coefficient (Wildman–Crippen LogP) is 8.69. The highest BCUT2D eigenvalue weighted by atomic mass is 32.1. The molecule has 236 valence electrons. The van der Waals surface area contributed by atoms with Crippen LogP contribution in [0.3, 0.4) is 0 Å². The fourth-order valence-corrected chi connectivity index (χ4v) is 6.23. The average molecular weight is 644 g/mol. The minimum absolute atomic E-state index is 0.0943. The van der Waals surface area contributed by atoms with Crippen molar-refractivity contribution < 1.29 is 28.5 Å². The quantitative estimate of drug-likeness (QED) is 0.100. The van der Waals surface area contributed by atoms with Crippen LogP contribution in [0, 0.1) is 0 Å². The van der Waals surface area contributed by atoms with E-state index in [1.807, 2.05) is 103 Å². The van der Waals surface area contributed by atoms with Gasteiger partial charge in [0.1, 0.15) is 43.7 Å². The highest BCUT2D eigenvalue weighted by molar-refractivity contribution is 7.22. The molecule has 0 spiro atoms. The van der Waals surface area contributed by atoms with Gasteiger partial charge in [-0.1, -0.05) is 60.7 Å². The van der Waals surface area contributed by atoms with Gasteiger partial charge < -0.3 is 24.3 Å². The first-order chi connectivity index (χ1) is 23.1. The average Bonchev–Trinajstić information content (AvgIpc) is 3.51. The summed E-state index contributed by atoms with van der Waals surface area (Å²) >= 11 is 1.56. The van der Waals surface area contributed by atoms with E-state index in [2.05, 4.69) is 5.32 Å². The normalized spacial score (nSPS) is 10.7. The fraction of sp³-hybridized carbons (Fsp3) is 0.128. The number of benzene rings is 5. The van der Waals surface area contributed by atoms with Gasteiger partial charge in [-0.2, -0.15) is 0 Å². The summed E-state index contributed by atoms with van der Waals surface area (Å²) in [7, 11) is 1.50. The molecule has 47 heavy (non-hydrogen) atoms. The predicted molar refractivity (Wildman–Crippen MR) is 185 cm³/mol. The van der Waals surface area contributed by atoms with Crippen LogP contribution >= 0.6 is 11.3 Å². The molecule has 5 aromatic carbocycles. The second kappa shape index (κ2) is 15.1. The molecule has 6 rings (SSSR count). The molecule has 8 heteroatoms. The van der Waals surface area contributed by atoms with Crippen LogP contribution in [0.25, 0.3) is 20.5 Å². The lowest BCUT2D eigenvalue weighted by molar-refractivity contribution is 0.104. The molecule has 0 fully saturated rings. The van der Waals surface area contributed by atoms with E-state index in [-0.39, 0.29) is 19.0 Å². The summed E-state index contributed by atoms with van der Waals surface area (Å²) in [6, 6.07) is 40.8. The van der Waals surface area contributed by atoms with Crippen LogP contribution in [0.4, 0.5) is 4.79 Å². The lowest BCUT2D eigenvalue weighted by Crippen LogP contribution is -2.21. The smallest absolute Gasteiger partial charge is 0.406 e. The SMILES string of the molecule is CNC(=O)OCCOc1ccc(C(=O)c2c(-c3ccc(OCc4ccccc4)cc3)sc3cc(OCc4ccccc4)ccc23)cc1. The monoisotopic (exact) mass is 643 g/mol. The first-order valence-electron chi connectivity index (χ1n) is 15.2. The molecule has 1 heterocycles. The molecule has 0 aliphatic carbocycles. The third-order valence-corrected chi connectivity index (χ3v) is 8.61. The number of fused-ring (bicyclic) bond motifs is 1. The maximum atomic E-state index is 14.2. The van der Waals surface area contributed by atoms with Gasteiger partial charge in [-0.25, -0.2) is 4.79 Å². The second-order valence-electron chi connectivity index (χ2n) is 10.6. The van der Waals surface area contributed by atoms with Crippen LogP contribution in [0.5, 0.6) is 17.2 Å². The van der Waals surface area contributed by atoms with Gasteiger partial charge in [-0.05, 0) is 83.4 Å². The topological polar surface area (TPSA) is 83.1 Å². The van der Waals surface area contributed by atoms with Gasteiger partial charge >= 0.3 is 6.09 Å². The van der Waals surface area contributed by atoms with Crippen molar-refractivity contribution in [3.8, 4) is 27.7 Å². The zero-order valence-corrected chi connectivity index (χ0v) is 26.6. The van der Waals surface area contributed by atoms with Crippen molar-refractivity contribution in [3.63, 3.8) is 0 Å². The Hall–Kier alpha value is -5.60. The van der Waals surface area contributed by atoms with Gasteiger partial charge in [0.05, 0.1) is 0 Å². The minimum atomic E-state index is -0.516. The minimum Gasteiger partial charge on any atom is -0.490 e. The van der Waals surface area contributed by atoms with Crippen molar-refractivity contribution in [2.75, 3.05) is 20.3 Å². The Morgan fingerprint density at radius 3 is 1.85 bits per heavy atom. The van der Waals surface area contributed by atoms with Crippen molar-refractivity contribution in [1.82, 2.24) is 5.32 Å². The molecule has 7 nitrogen and oxygen atoms in total. The van der Waals surface area contributed by atoms with Crippen molar-refractivity contribution in [2.24, 2.45) is 0 Å². The van der Waals surface area contributed by atoms with Gasteiger partial charge in [0.15, 0.2) is 5.78 Å². The van der Waals surface area contributed by atoms with Crippen LogP contribution in [0.1, 0.15) is 27.0 Å². The standard InChI is InChI=1S/C39H33NO6S/c1-40-39(42)44-23-22-43-31-16-12-29(13-17-31)37(41)36-34-21-20-33(46-26-28-10-6-3-7-11-28)24-35(34)47-38(36)30-14-18-32(19-15-30)45-25-27-8-4-2-5-9-27/h2-21,24H,22-23,25-26H2,1H3,(H,40,42). The van der Waals surface area contributed by atoms with E-state index in [9.17, 15) is 9.59 Å². The summed E-state index contributed by atoms with van der Waals surface area (Å²) in [6.45, 7) is 1.23. The number of alkyl carbamates (subject to hydrolysis) is 1. The maximum Gasteiger partial charge on any atom is 0.406 e. The Bertz CT molecular complexity index is 1940. The number of thiophene rings is 1. The van der Waals surface area contributed by atoms with Gasteiger partial charge in [-0.3, -0.25) is 4.79 Å². The largest absolute Gasteiger partial charge is 0.490 e. The number of carbonyl (C=O) groups excluding carboxylic acids is 2. The van der Waals surface area contributed by atoms with E-state index in [4.69, 9.17) is 18.9 Å². The Balaban J connectivity index is 1.26. The molecule has 0 unspecified atom stereocenters. The lowest BCUT2D eigenvalue weighted by Gasteiger charge is -2.10. The van der Waals surface area contributed by atoms with Gasteiger partial charge in [0.25, 0.3) is 0 Å². The molecule has 1 aromatic heterocycles. The zero-order chi connectivity index (χ0) is 32.4. The highest BCUT2D eigenvalue weighted by Crippen LogP contribution is 2.42. The van der Waals surface area contributed by atoms with E-state index in [0.29, 0.717) is 30.1 Å². The number of nitrogens with one attached hydrogen (secondary N) is 1. The summed E-state index contributed by atoms with van der Waals surface area (Å²) < 4.78 is 23.7. The Morgan fingerprint density at radius 2 is 1.21 bits per heavy atom. The second-order valence-corrected chi connectivity index (χ2v) is 11.7. The van der Waals surface area contributed by atoms with Gasteiger partial charge in [-0.15, -0.1) is 11.3 Å². The highest BCUT2D eigenvalue weighted by Gasteiger charge is 2.22. The van der Waals surface area contributed by atoms with Crippen molar-refractivity contribution in [2.45, 2.75) is 13.2 Å². The van der Waals surface area contributed by atoms with Crippen LogP contribution in [-0.2, 0) is 18.0 Å². The number of ether oxygens (including phenoxy) is 4. The van der Waals surface area contributed by atoms with Crippen LogP contribution in [-0.4, -0.2) is 32.1 Å². The number of carbonyl (C=O) groups is 2. The molecule has 1 N–H and O–H groups in total. The van der Waals surface area contributed by atoms with E-state index < -0.39 is 6.09 Å². The zero-order valence-electron chi connectivity index (χ0n) is 25.8. The first-order valence-corrected chi connectivity index (χ1v) is 16.0. The van der Waals surface area contributed by atoms with Crippen LogP contribution in [0.15, 0.2) is 127 Å². The fourth-order valence-electron chi connectivity index (χ4n) is 4.99. The first kappa shape index (κ1) is 31.4. The Morgan fingerprint density at radius 1 is 0.638 bits per heavy atom. The molecular formula is C39H33NO6S. The number of hydrogen-bond acceptors (Lipinski definition) is 7. The molecule has 0 radical (unpaired) electrons. The van der Waals surface area contributed by atoms with E-state index >= 15 is 0 Å². The summed E-state index contributed by atoms with van der Waals surface area (Å²) in [5.74, 6) is 1.96. The van der Waals surface area contributed by atoms with Gasteiger partial charge in [0, 0.05) is 33.1 Å². The summed E-state index contributed by atoms with van der Waals surface area (Å²) in [5, 5.41) is 3.25. The van der Waals surface area contributed by atoms with E-state index in [1.165, 1.54) is 7.05 Å². The van der Waals surface area contributed by atoms with Crippen molar-refractivity contribution in [3.05, 3.63) is 150 Å². The molecule has 0 saturated carbocycles. The lowest BCUT2D eigenvalue weighted by atomic mass is 9.97. The third-order valence-electron chi connectivity index (χ3n) is 7.41. The molecular weight excluding hydrogens is 610 g/mol. The Kier molecular flexibility index (Phi) is 10.1. The molecule has 0 saturated heterocycles. The molecule has 0 aliphatic rings. The van der Waals surface area contributed by atoms with Crippen LogP contribution < -0.4 is 19.5 Å².